The molecule has 1 heterocycles. The molecule has 1 fully saturated rings. The molecule has 1 unspecified atom stereocenters. The van der Waals surface area contributed by atoms with E-state index in [9.17, 15) is 5.11 Å². The molecule has 1 atom stereocenters. The number of hydrogen-bond acceptors (Lipinski definition) is 4. The molecule has 0 saturated carbocycles. The Balaban J connectivity index is 2.10. The number of nitrogens with one attached hydrogen (secondary N) is 1. The SMILES string of the molecule is CNC(C)(CO)CCCCN1CCCOCC1. The molecule has 0 amide bonds. The van der Waals surface area contributed by atoms with Gasteiger partial charge in [0.05, 0.1) is 13.2 Å². The van der Waals surface area contributed by atoms with Crippen LogP contribution in [0.5, 0.6) is 0 Å². The van der Waals surface area contributed by atoms with Gasteiger partial charge in [-0.05, 0) is 39.8 Å². The largest absolute Gasteiger partial charge is 0.394 e. The maximum absolute atomic E-state index is 9.28. The van der Waals surface area contributed by atoms with Crippen LogP contribution in [-0.2, 0) is 4.74 Å². The summed E-state index contributed by atoms with van der Waals surface area (Å²) >= 11 is 0. The van der Waals surface area contributed by atoms with E-state index in [1.54, 1.807) is 0 Å². The van der Waals surface area contributed by atoms with Crippen LogP contribution >= 0.6 is 0 Å². The van der Waals surface area contributed by atoms with Gasteiger partial charge in [0.2, 0.25) is 0 Å². The summed E-state index contributed by atoms with van der Waals surface area (Å²) < 4.78 is 5.44. The van der Waals surface area contributed by atoms with Crippen molar-refractivity contribution < 1.29 is 9.84 Å². The number of likely N-dealkylation sites (N-methyl/N-ethyl adjacent to an activating group) is 1. The van der Waals surface area contributed by atoms with Gasteiger partial charge >= 0.3 is 0 Å². The lowest BCUT2D eigenvalue weighted by atomic mass is 9.96. The smallest absolute Gasteiger partial charge is 0.0610 e. The van der Waals surface area contributed by atoms with Gasteiger partial charge < -0.3 is 20.1 Å². The fraction of sp³-hybridized carbons (Fsp3) is 1.00. The highest BCUT2D eigenvalue weighted by Gasteiger charge is 2.19. The molecule has 0 aromatic carbocycles. The summed E-state index contributed by atoms with van der Waals surface area (Å²) in [6.07, 6.45) is 4.56. The van der Waals surface area contributed by atoms with Gasteiger partial charge in [-0.2, -0.15) is 0 Å². The average molecular weight is 244 g/mol. The highest BCUT2D eigenvalue weighted by Crippen LogP contribution is 2.13. The minimum Gasteiger partial charge on any atom is -0.394 e. The van der Waals surface area contributed by atoms with Gasteiger partial charge in [0.1, 0.15) is 0 Å². The van der Waals surface area contributed by atoms with Gasteiger partial charge in [0.15, 0.2) is 0 Å². The molecular weight excluding hydrogens is 216 g/mol. The van der Waals surface area contributed by atoms with Crippen LogP contribution in [0, 0.1) is 0 Å². The van der Waals surface area contributed by atoms with E-state index in [-0.39, 0.29) is 12.1 Å². The van der Waals surface area contributed by atoms with Crippen molar-refractivity contribution in [2.45, 2.75) is 38.1 Å². The van der Waals surface area contributed by atoms with E-state index in [1.807, 2.05) is 7.05 Å². The second kappa shape index (κ2) is 8.03. The third kappa shape index (κ3) is 5.82. The van der Waals surface area contributed by atoms with Crippen molar-refractivity contribution in [1.29, 1.82) is 0 Å². The fourth-order valence-electron chi connectivity index (χ4n) is 2.16. The third-order valence-corrected chi connectivity index (χ3v) is 3.72. The molecule has 1 rings (SSSR count). The van der Waals surface area contributed by atoms with Crippen LogP contribution in [0.4, 0.5) is 0 Å². The molecule has 0 aromatic rings. The van der Waals surface area contributed by atoms with Gasteiger partial charge in [-0.15, -0.1) is 0 Å². The van der Waals surface area contributed by atoms with E-state index in [1.165, 1.54) is 13.0 Å². The molecule has 0 bridgehead atoms. The summed E-state index contributed by atoms with van der Waals surface area (Å²) in [4.78, 5) is 2.49. The summed E-state index contributed by atoms with van der Waals surface area (Å²) in [5.41, 5.74) is -0.109. The topological polar surface area (TPSA) is 44.7 Å². The number of ether oxygens (including phenoxy) is 1. The molecule has 17 heavy (non-hydrogen) atoms. The van der Waals surface area contributed by atoms with E-state index in [0.29, 0.717) is 0 Å². The zero-order valence-electron chi connectivity index (χ0n) is 11.4. The van der Waals surface area contributed by atoms with Gasteiger partial charge in [-0.1, -0.05) is 6.42 Å². The van der Waals surface area contributed by atoms with E-state index < -0.39 is 0 Å². The monoisotopic (exact) mass is 244 g/mol. The molecule has 0 aromatic heterocycles. The van der Waals surface area contributed by atoms with E-state index in [2.05, 4.69) is 17.1 Å². The number of aliphatic hydroxyl groups is 1. The first kappa shape index (κ1) is 14.9. The molecule has 1 saturated heterocycles. The molecule has 0 aliphatic carbocycles. The van der Waals surface area contributed by atoms with Crippen LogP contribution < -0.4 is 5.32 Å². The average Bonchev–Trinajstić information content (AvgIpc) is 2.63. The van der Waals surface area contributed by atoms with E-state index in [0.717, 1.165) is 45.6 Å². The van der Waals surface area contributed by atoms with Crippen molar-refractivity contribution in [1.82, 2.24) is 10.2 Å². The zero-order chi connectivity index (χ0) is 12.6. The molecule has 1 aliphatic heterocycles. The number of rotatable bonds is 7. The Morgan fingerprint density at radius 1 is 1.29 bits per heavy atom. The lowest BCUT2D eigenvalue weighted by Gasteiger charge is -2.27. The maximum atomic E-state index is 9.28. The van der Waals surface area contributed by atoms with Crippen molar-refractivity contribution in [3.05, 3.63) is 0 Å². The quantitative estimate of drug-likeness (QED) is 0.652. The predicted molar refractivity (Wildman–Crippen MR) is 70.3 cm³/mol. The van der Waals surface area contributed by atoms with Crippen molar-refractivity contribution in [2.24, 2.45) is 0 Å². The minimum absolute atomic E-state index is 0.109. The standard InChI is InChI=1S/C13H28N2O2/c1-13(12-16,14-2)6-3-4-7-15-8-5-10-17-11-9-15/h14,16H,3-12H2,1-2H3. The molecule has 0 radical (unpaired) electrons. The second-order valence-electron chi connectivity index (χ2n) is 5.23. The fourth-order valence-corrected chi connectivity index (χ4v) is 2.16. The first-order valence-corrected chi connectivity index (χ1v) is 6.80. The lowest BCUT2D eigenvalue weighted by molar-refractivity contribution is 0.140. The Labute approximate surface area is 105 Å². The normalized spacial score (nSPS) is 22.1. The van der Waals surface area contributed by atoms with Gasteiger partial charge in [0.25, 0.3) is 0 Å². The Bertz CT molecular complexity index is 188. The number of hydrogen-bond donors (Lipinski definition) is 2. The van der Waals surface area contributed by atoms with Crippen LogP contribution in [0.3, 0.4) is 0 Å². The number of aliphatic hydroxyl groups excluding tert-OH is 1. The lowest BCUT2D eigenvalue weighted by Crippen LogP contribution is -2.43. The Hall–Kier alpha value is -0.160. The molecule has 0 spiro atoms. The van der Waals surface area contributed by atoms with Crippen molar-refractivity contribution in [2.75, 3.05) is 46.5 Å². The summed E-state index contributed by atoms with van der Waals surface area (Å²) in [6, 6.07) is 0. The summed E-state index contributed by atoms with van der Waals surface area (Å²) in [5.74, 6) is 0. The van der Waals surface area contributed by atoms with Crippen LogP contribution in [0.15, 0.2) is 0 Å². The molecule has 4 heteroatoms. The Morgan fingerprint density at radius 3 is 2.82 bits per heavy atom. The van der Waals surface area contributed by atoms with Crippen LogP contribution in [0.2, 0.25) is 0 Å². The van der Waals surface area contributed by atoms with Crippen molar-refractivity contribution in [3.8, 4) is 0 Å². The summed E-state index contributed by atoms with van der Waals surface area (Å²) in [5, 5.41) is 12.5. The number of unbranched alkanes of at least 4 members (excludes halogenated alkanes) is 1. The number of nitrogens with zero attached hydrogens (tertiary/aromatic N) is 1. The molecular formula is C13H28N2O2. The van der Waals surface area contributed by atoms with Gasteiger partial charge in [-0.25, -0.2) is 0 Å². The Kier molecular flexibility index (Phi) is 7.04. The van der Waals surface area contributed by atoms with Gasteiger partial charge in [0, 0.05) is 25.2 Å². The third-order valence-electron chi connectivity index (χ3n) is 3.72. The Morgan fingerprint density at radius 2 is 2.12 bits per heavy atom. The molecule has 2 N–H and O–H groups in total. The molecule has 4 nitrogen and oxygen atoms in total. The van der Waals surface area contributed by atoms with Crippen LogP contribution in [0.25, 0.3) is 0 Å². The van der Waals surface area contributed by atoms with Gasteiger partial charge in [-0.3, -0.25) is 0 Å². The van der Waals surface area contributed by atoms with E-state index in [4.69, 9.17) is 4.74 Å². The highest BCUT2D eigenvalue weighted by atomic mass is 16.5. The molecule has 1 aliphatic rings. The minimum atomic E-state index is -0.109. The molecule has 102 valence electrons. The maximum Gasteiger partial charge on any atom is 0.0610 e. The van der Waals surface area contributed by atoms with Crippen LogP contribution in [0.1, 0.15) is 32.6 Å². The zero-order valence-corrected chi connectivity index (χ0v) is 11.4. The van der Waals surface area contributed by atoms with E-state index >= 15 is 0 Å². The van der Waals surface area contributed by atoms with Crippen LogP contribution in [-0.4, -0.2) is 62.0 Å². The van der Waals surface area contributed by atoms with Crippen molar-refractivity contribution >= 4 is 0 Å². The summed E-state index contributed by atoms with van der Waals surface area (Å²) in [6.45, 7) is 7.48. The predicted octanol–water partition coefficient (Wildman–Crippen LogP) is 0.849. The first-order chi connectivity index (χ1) is 8.20. The summed E-state index contributed by atoms with van der Waals surface area (Å²) in [7, 11) is 1.92. The highest BCUT2D eigenvalue weighted by molar-refractivity contribution is 4.80. The van der Waals surface area contributed by atoms with Crippen molar-refractivity contribution in [3.63, 3.8) is 0 Å². The first-order valence-electron chi connectivity index (χ1n) is 6.80. The second-order valence-corrected chi connectivity index (χ2v) is 5.23.